The van der Waals surface area contributed by atoms with Crippen molar-refractivity contribution in [3.8, 4) is 0 Å². The highest BCUT2D eigenvalue weighted by Gasteiger charge is 2.10. The maximum absolute atomic E-state index is 5.15. The van der Waals surface area contributed by atoms with Crippen molar-refractivity contribution in [1.82, 2.24) is 10.2 Å². The molecule has 0 radical (unpaired) electrons. The van der Waals surface area contributed by atoms with Crippen LogP contribution in [0.2, 0.25) is 0 Å². The maximum Gasteiger partial charge on any atom is 0.0673 e. The largest absolute Gasteiger partial charge is 0.380 e. The molecule has 0 atom stereocenters. The first-order valence-corrected chi connectivity index (χ1v) is 6.46. The zero-order valence-corrected chi connectivity index (χ0v) is 10.8. The molecule has 0 aromatic rings. The van der Waals surface area contributed by atoms with Crippen molar-refractivity contribution in [2.24, 2.45) is 0 Å². The summed E-state index contributed by atoms with van der Waals surface area (Å²) in [6, 6.07) is 0. The van der Waals surface area contributed by atoms with Crippen molar-refractivity contribution in [3.05, 3.63) is 11.6 Å². The standard InChI is InChI=1S/C13H26N2O/c1-3-14-8-4-5-9-15-10-6-13(7-11-15)12-16-2/h6,14H,3-5,7-12H2,1-2H3. The third kappa shape index (κ3) is 5.64. The number of ether oxygens (including phenoxy) is 1. The topological polar surface area (TPSA) is 24.5 Å². The number of methoxy groups -OCH3 is 1. The summed E-state index contributed by atoms with van der Waals surface area (Å²) in [6.07, 6.45) is 6.11. The maximum atomic E-state index is 5.15. The molecule has 0 saturated carbocycles. The predicted molar refractivity (Wildman–Crippen MR) is 68.8 cm³/mol. The lowest BCUT2D eigenvalue weighted by Gasteiger charge is -2.26. The lowest BCUT2D eigenvalue weighted by molar-refractivity contribution is 0.211. The smallest absolute Gasteiger partial charge is 0.0673 e. The monoisotopic (exact) mass is 226 g/mol. The number of unbranched alkanes of at least 4 members (excludes halogenated alkanes) is 1. The Morgan fingerprint density at radius 3 is 2.94 bits per heavy atom. The van der Waals surface area contributed by atoms with Crippen molar-refractivity contribution in [1.29, 1.82) is 0 Å². The number of hydrogen-bond donors (Lipinski definition) is 1. The molecule has 1 aliphatic heterocycles. The van der Waals surface area contributed by atoms with E-state index in [-0.39, 0.29) is 0 Å². The average molecular weight is 226 g/mol. The molecule has 3 heteroatoms. The van der Waals surface area contributed by atoms with E-state index < -0.39 is 0 Å². The van der Waals surface area contributed by atoms with Crippen LogP contribution >= 0.6 is 0 Å². The SMILES string of the molecule is CCNCCCCN1CC=C(COC)CC1. The second-order valence-electron chi connectivity index (χ2n) is 4.41. The van der Waals surface area contributed by atoms with E-state index in [9.17, 15) is 0 Å². The molecule has 1 N–H and O–H groups in total. The summed E-state index contributed by atoms with van der Waals surface area (Å²) in [7, 11) is 1.77. The zero-order chi connectivity index (χ0) is 11.6. The Kier molecular flexibility index (Phi) is 7.47. The molecule has 1 rings (SSSR count). The molecule has 16 heavy (non-hydrogen) atoms. The minimum atomic E-state index is 0.814. The van der Waals surface area contributed by atoms with Crippen LogP contribution in [0.15, 0.2) is 11.6 Å². The van der Waals surface area contributed by atoms with E-state index in [1.54, 1.807) is 7.11 Å². The van der Waals surface area contributed by atoms with Gasteiger partial charge in [0.2, 0.25) is 0 Å². The van der Waals surface area contributed by atoms with Crippen LogP contribution in [0.25, 0.3) is 0 Å². The van der Waals surface area contributed by atoms with E-state index in [4.69, 9.17) is 4.74 Å². The normalized spacial score (nSPS) is 17.5. The quantitative estimate of drug-likeness (QED) is 0.503. The van der Waals surface area contributed by atoms with Crippen LogP contribution in [-0.2, 0) is 4.74 Å². The third-order valence-corrected chi connectivity index (χ3v) is 3.04. The van der Waals surface area contributed by atoms with Gasteiger partial charge in [0.05, 0.1) is 6.61 Å². The molecular formula is C13H26N2O. The van der Waals surface area contributed by atoms with Gasteiger partial charge in [-0.3, -0.25) is 4.90 Å². The van der Waals surface area contributed by atoms with Crippen molar-refractivity contribution < 1.29 is 4.74 Å². The number of rotatable bonds is 8. The molecule has 0 unspecified atom stereocenters. The summed E-state index contributed by atoms with van der Waals surface area (Å²) in [6.45, 7) is 8.78. The third-order valence-electron chi connectivity index (χ3n) is 3.04. The summed E-state index contributed by atoms with van der Waals surface area (Å²) >= 11 is 0. The van der Waals surface area contributed by atoms with E-state index in [2.05, 4.69) is 23.2 Å². The van der Waals surface area contributed by atoms with Crippen molar-refractivity contribution >= 4 is 0 Å². The van der Waals surface area contributed by atoms with Gasteiger partial charge < -0.3 is 10.1 Å². The molecule has 0 amide bonds. The van der Waals surface area contributed by atoms with E-state index >= 15 is 0 Å². The first kappa shape index (κ1) is 13.7. The summed E-state index contributed by atoms with van der Waals surface area (Å²) in [5, 5.41) is 3.36. The van der Waals surface area contributed by atoms with Crippen LogP contribution in [0.1, 0.15) is 26.2 Å². The second kappa shape index (κ2) is 8.74. The summed E-state index contributed by atoms with van der Waals surface area (Å²) < 4.78 is 5.15. The molecule has 0 aromatic heterocycles. The molecule has 94 valence electrons. The summed E-state index contributed by atoms with van der Waals surface area (Å²) in [5.41, 5.74) is 1.46. The van der Waals surface area contributed by atoms with Gasteiger partial charge in [-0.1, -0.05) is 13.0 Å². The highest BCUT2D eigenvalue weighted by molar-refractivity contribution is 5.07. The van der Waals surface area contributed by atoms with Gasteiger partial charge in [-0.05, 0) is 44.5 Å². The molecule has 0 aliphatic carbocycles. The van der Waals surface area contributed by atoms with Gasteiger partial charge in [-0.25, -0.2) is 0 Å². The summed E-state index contributed by atoms with van der Waals surface area (Å²) in [4.78, 5) is 2.53. The Bertz CT molecular complexity index is 204. The molecule has 1 heterocycles. The fraction of sp³-hybridized carbons (Fsp3) is 0.846. The van der Waals surface area contributed by atoms with Gasteiger partial charge in [0, 0.05) is 20.2 Å². The highest BCUT2D eigenvalue weighted by atomic mass is 16.5. The fourth-order valence-electron chi connectivity index (χ4n) is 2.04. The van der Waals surface area contributed by atoms with Gasteiger partial charge in [0.25, 0.3) is 0 Å². The Morgan fingerprint density at radius 2 is 2.31 bits per heavy atom. The Hall–Kier alpha value is -0.380. The van der Waals surface area contributed by atoms with Crippen LogP contribution < -0.4 is 5.32 Å². The average Bonchev–Trinajstić information content (AvgIpc) is 2.31. The van der Waals surface area contributed by atoms with Crippen LogP contribution in [0.4, 0.5) is 0 Å². The van der Waals surface area contributed by atoms with Gasteiger partial charge in [-0.15, -0.1) is 0 Å². The van der Waals surface area contributed by atoms with Gasteiger partial charge in [0.15, 0.2) is 0 Å². The molecular weight excluding hydrogens is 200 g/mol. The van der Waals surface area contributed by atoms with Gasteiger partial charge in [0.1, 0.15) is 0 Å². The van der Waals surface area contributed by atoms with Crippen LogP contribution in [0.3, 0.4) is 0 Å². The number of hydrogen-bond acceptors (Lipinski definition) is 3. The zero-order valence-electron chi connectivity index (χ0n) is 10.8. The van der Waals surface area contributed by atoms with E-state index in [0.717, 1.165) is 26.2 Å². The molecule has 0 bridgehead atoms. The van der Waals surface area contributed by atoms with Crippen molar-refractivity contribution in [2.75, 3.05) is 46.4 Å². The molecule has 0 fully saturated rings. The first-order valence-electron chi connectivity index (χ1n) is 6.46. The second-order valence-corrected chi connectivity index (χ2v) is 4.41. The van der Waals surface area contributed by atoms with Gasteiger partial charge in [-0.2, -0.15) is 0 Å². The molecule has 0 spiro atoms. The lowest BCUT2D eigenvalue weighted by atomic mass is 10.1. The molecule has 0 aromatic carbocycles. The fourth-order valence-corrected chi connectivity index (χ4v) is 2.04. The summed E-state index contributed by atoms with van der Waals surface area (Å²) in [5.74, 6) is 0. The Balaban J connectivity index is 2.03. The minimum Gasteiger partial charge on any atom is -0.380 e. The van der Waals surface area contributed by atoms with Gasteiger partial charge >= 0.3 is 0 Å². The van der Waals surface area contributed by atoms with E-state index in [0.29, 0.717) is 0 Å². The van der Waals surface area contributed by atoms with Crippen molar-refractivity contribution in [2.45, 2.75) is 26.2 Å². The number of nitrogens with zero attached hydrogens (tertiary/aromatic N) is 1. The molecule has 0 saturated heterocycles. The van der Waals surface area contributed by atoms with E-state index in [1.165, 1.54) is 37.9 Å². The van der Waals surface area contributed by atoms with Crippen LogP contribution in [0.5, 0.6) is 0 Å². The van der Waals surface area contributed by atoms with Crippen LogP contribution in [-0.4, -0.2) is 51.3 Å². The lowest BCUT2D eigenvalue weighted by Crippen LogP contribution is -2.30. The van der Waals surface area contributed by atoms with Crippen molar-refractivity contribution in [3.63, 3.8) is 0 Å². The highest BCUT2D eigenvalue weighted by Crippen LogP contribution is 2.11. The Labute approximate surface area is 99.8 Å². The molecule has 3 nitrogen and oxygen atoms in total. The Morgan fingerprint density at radius 1 is 1.44 bits per heavy atom. The predicted octanol–water partition coefficient (Wildman–Crippen LogP) is 1.65. The molecule has 1 aliphatic rings. The first-order chi connectivity index (χ1) is 7.86. The minimum absolute atomic E-state index is 0.814. The van der Waals surface area contributed by atoms with E-state index in [1.807, 2.05) is 0 Å². The van der Waals surface area contributed by atoms with Crippen LogP contribution in [0, 0.1) is 0 Å². The number of nitrogens with one attached hydrogen (secondary N) is 1.